The third kappa shape index (κ3) is 3.69. The molecule has 0 spiro atoms. The molecule has 7 heteroatoms. The summed E-state index contributed by atoms with van der Waals surface area (Å²) in [5.74, 6) is 0.533. The summed E-state index contributed by atoms with van der Waals surface area (Å²) in [7, 11) is 0. The standard InChI is InChI=1S/C26H29N3O4/c30-24-11-10-22(25(31)27-24)29-15-18-12-19(8-9-20(18)26(29)32)33-23-7-3-6-21(23)28-13-16-4-1-2-5-17(16)14-28/h1-2,4-5,8-9,12,21-23,25,31H,3,6-7,10-11,13-15H2,(H,27,30)/t21-,22?,23+,25?/m1/s1. The van der Waals surface area contributed by atoms with E-state index >= 15 is 0 Å². The summed E-state index contributed by atoms with van der Waals surface area (Å²) < 4.78 is 6.50. The third-order valence-electron chi connectivity index (χ3n) is 7.69. The largest absolute Gasteiger partial charge is 0.489 e. The van der Waals surface area contributed by atoms with E-state index < -0.39 is 12.3 Å². The molecule has 3 heterocycles. The van der Waals surface area contributed by atoms with Crippen LogP contribution in [0.2, 0.25) is 0 Å². The molecule has 4 atom stereocenters. The number of nitrogens with one attached hydrogen (secondary N) is 1. The molecule has 1 saturated heterocycles. The third-order valence-corrected chi connectivity index (χ3v) is 7.69. The Labute approximate surface area is 193 Å². The topological polar surface area (TPSA) is 82.1 Å². The number of fused-ring (bicyclic) bond motifs is 2. The highest BCUT2D eigenvalue weighted by molar-refractivity contribution is 5.99. The molecule has 33 heavy (non-hydrogen) atoms. The van der Waals surface area contributed by atoms with Gasteiger partial charge < -0.3 is 20.1 Å². The summed E-state index contributed by atoms with van der Waals surface area (Å²) in [6.07, 6.45) is 3.24. The van der Waals surface area contributed by atoms with Crippen LogP contribution in [0.3, 0.4) is 0 Å². The van der Waals surface area contributed by atoms with Gasteiger partial charge in [-0.1, -0.05) is 24.3 Å². The van der Waals surface area contributed by atoms with E-state index in [-0.39, 0.29) is 17.9 Å². The number of rotatable bonds is 4. The van der Waals surface area contributed by atoms with Crippen LogP contribution in [-0.2, 0) is 24.4 Å². The number of piperidine rings is 1. The maximum Gasteiger partial charge on any atom is 0.254 e. The van der Waals surface area contributed by atoms with Crippen molar-refractivity contribution in [2.24, 2.45) is 0 Å². The predicted octanol–water partition coefficient (Wildman–Crippen LogP) is 2.56. The SMILES string of the molecule is O=C1CCC(N2Cc3cc(O[C@H]4CCC[C@H]4N4Cc5ccccc5C4)ccc3C2=O)C(O)N1. The Morgan fingerprint density at radius 1 is 0.909 bits per heavy atom. The van der Waals surface area contributed by atoms with Crippen LogP contribution in [0, 0.1) is 0 Å². The molecule has 2 N–H and O–H groups in total. The van der Waals surface area contributed by atoms with Crippen molar-refractivity contribution >= 4 is 11.8 Å². The number of aliphatic hydroxyl groups is 1. The minimum absolute atomic E-state index is 0.0923. The zero-order valence-corrected chi connectivity index (χ0v) is 18.6. The highest BCUT2D eigenvalue weighted by Crippen LogP contribution is 2.36. The lowest BCUT2D eigenvalue weighted by molar-refractivity contribution is -0.129. The van der Waals surface area contributed by atoms with Gasteiger partial charge in [-0.15, -0.1) is 0 Å². The number of benzene rings is 2. The van der Waals surface area contributed by atoms with Crippen LogP contribution < -0.4 is 10.1 Å². The highest BCUT2D eigenvalue weighted by Gasteiger charge is 2.40. The quantitative estimate of drug-likeness (QED) is 0.753. The van der Waals surface area contributed by atoms with Crippen molar-refractivity contribution in [1.82, 2.24) is 15.1 Å². The summed E-state index contributed by atoms with van der Waals surface area (Å²) >= 11 is 0. The van der Waals surface area contributed by atoms with Crippen LogP contribution in [-0.4, -0.2) is 51.1 Å². The maximum absolute atomic E-state index is 13.0. The fraction of sp³-hybridized carbons (Fsp3) is 0.462. The molecule has 7 nitrogen and oxygen atoms in total. The van der Waals surface area contributed by atoms with Crippen LogP contribution in [0.1, 0.15) is 59.2 Å². The number of ether oxygens (including phenoxy) is 1. The van der Waals surface area contributed by atoms with Gasteiger partial charge in [-0.3, -0.25) is 14.5 Å². The summed E-state index contributed by atoms with van der Waals surface area (Å²) in [5, 5.41) is 12.8. The summed E-state index contributed by atoms with van der Waals surface area (Å²) in [5.41, 5.74) is 4.41. The Bertz CT molecular complexity index is 1080. The molecule has 2 aromatic rings. The van der Waals surface area contributed by atoms with Crippen molar-refractivity contribution in [3.63, 3.8) is 0 Å². The van der Waals surface area contributed by atoms with Crippen LogP contribution in [0.4, 0.5) is 0 Å². The zero-order valence-electron chi connectivity index (χ0n) is 18.6. The van der Waals surface area contributed by atoms with E-state index in [9.17, 15) is 14.7 Å². The monoisotopic (exact) mass is 447 g/mol. The van der Waals surface area contributed by atoms with Gasteiger partial charge in [0, 0.05) is 37.7 Å². The second-order valence-corrected chi connectivity index (χ2v) is 9.70. The summed E-state index contributed by atoms with van der Waals surface area (Å²) in [6.45, 7) is 2.39. The van der Waals surface area contributed by atoms with Crippen LogP contribution >= 0.6 is 0 Å². The molecule has 1 saturated carbocycles. The van der Waals surface area contributed by atoms with Crippen molar-refractivity contribution in [1.29, 1.82) is 0 Å². The van der Waals surface area contributed by atoms with Gasteiger partial charge in [0.1, 0.15) is 18.1 Å². The van der Waals surface area contributed by atoms with Gasteiger partial charge in [0.25, 0.3) is 5.91 Å². The van der Waals surface area contributed by atoms with Crippen LogP contribution in [0.5, 0.6) is 5.75 Å². The fourth-order valence-electron chi connectivity index (χ4n) is 5.99. The van der Waals surface area contributed by atoms with Gasteiger partial charge in [0.15, 0.2) is 0 Å². The Morgan fingerprint density at radius 3 is 2.45 bits per heavy atom. The summed E-state index contributed by atoms with van der Waals surface area (Å²) in [4.78, 5) is 28.7. The van der Waals surface area contributed by atoms with E-state index in [1.807, 2.05) is 18.2 Å². The van der Waals surface area contributed by atoms with E-state index in [0.717, 1.165) is 43.7 Å². The first-order valence-corrected chi connectivity index (χ1v) is 12.0. The first-order chi connectivity index (χ1) is 16.1. The molecular formula is C26H29N3O4. The summed E-state index contributed by atoms with van der Waals surface area (Å²) in [6, 6.07) is 14.4. The van der Waals surface area contributed by atoms with Gasteiger partial charge in [0.05, 0.1) is 6.04 Å². The van der Waals surface area contributed by atoms with E-state index in [2.05, 4.69) is 34.5 Å². The number of amides is 2. The smallest absolute Gasteiger partial charge is 0.254 e. The van der Waals surface area contributed by atoms with Crippen molar-refractivity contribution in [2.75, 3.05) is 0 Å². The Kier molecular flexibility index (Phi) is 5.11. The minimum Gasteiger partial charge on any atom is -0.489 e. The van der Waals surface area contributed by atoms with Crippen molar-refractivity contribution < 1.29 is 19.4 Å². The van der Waals surface area contributed by atoms with Crippen molar-refractivity contribution in [3.8, 4) is 5.75 Å². The fourth-order valence-corrected chi connectivity index (χ4v) is 5.99. The number of carbonyl (C=O) groups excluding carboxylic acids is 2. The average Bonchev–Trinajstić information content (AvgIpc) is 3.51. The molecule has 172 valence electrons. The Morgan fingerprint density at radius 2 is 1.70 bits per heavy atom. The van der Waals surface area contributed by atoms with E-state index in [4.69, 9.17) is 4.74 Å². The van der Waals surface area contributed by atoms with Gasteiger partial charge in [-0.25, -0.2) is 0 Å². The second kappa shape index (κ2) is 8.15. The van der Waals surface area contributed by atoms with E-state index in [1.54, 1.807) is 4.90 Å². The molecule has 6 rings (SSSR count). The van der Waals surface area contributed by atoms with Crippen LogP contribution in [0.25, 0.3) is 0 Å². The van der Waals surface area contributed by atoms with Gasteiger partial charge in [-0.2, -0.15) is 0 Å². The van der Waals surface area contributed by atoms with E-state index in [1.165, 1.54) is 11.1 Å². The number of hydrogen-bond acceptors (Lipinski definition) is 5. The number of nitrogens with zero attached hydrogens (tertiary/aromatic N) is 2. The molecule has 0 aromatic heterocycles. The molecule has 2 amide bonds. The lowest BCUT2D eigenvalue weighted by Crippen LogP contribution is -2.55. The average molecular weight is 448 g/mol. The van der Waals surface area contributed by atoms with Gasteiger partial charge >= 0.3 is 0 Å². The molecule has 0 radical (unpaired) electrons. The first-order valence-electron chi connectivity index (χ1n) is 12.0. The molecule has 0 bridgehead atoms. The van der Waals surface area contributed by atoms with Crippen molar-refractivity contribution in [3.05, 3.63) is 64.7 Å². The molecule has 3 aliphatic heterocycles. The Balaban J connectivity index is 1.15. The maximum atomic E-state index is 13.0. The van der Waals surface area contributed by atoms with Crippen molar-refractivity contribution in [2.45, 2.75) is 76.2 Å². The van der Waals surface area contributed by atoms with E-state index in [0.29, 0.717) is 31.0 Å². The minimum atomic E-state index is -1.02. The number of hydrogen-bond donors (Lipinski definition) is 2. The normalized spacial score (nSPS) is 29.2. The number of aliphatic hydroxyl groups excluding tert-OH is 1. The lowest BCUT2D eigenvalue weighted by Gasteiger charge is -2.35. The molecule has 2 fully saturated rings. The molecule has 1 aliphatic carbocycles. The molecule has 2 unspecified atom stereocenters. The van der Waals surface area contributed by atoms with Gasteiger partial charge in [0.2, 0.25) is 5.91 Å². The molecule has 4 aliphatic rings. The molecular weight excluding hydrogens is 418 g/mol. The lowest BCUT2D eigenvalue weighted by atomic mass is 10.0. The Hall–Kier alpha value is -2.90. The highest BCUT2D eigenvalue weighted by atomic mass is 16.5. The predicted molar refractivity (Wildman–Crippen MR) is 121 cm³/mol. The number of carbonyl (C=O) groups is 2. The second-order valence-electron chi connectivity index (χ2n) is 9.70. The first kappa shape index (κ1) is 20.7. The zero-order chi connectivity index (χ0) is 22.5. The van der Waals surface area contributed by atoms with Gasteiger partial charge in [-0.05, 0) is 60.6 Å². The molecule has 2 aromatic carbocycles. The van der Waals surface area contributed by atoms with Crippen LogP contribution in [0.15, 0.2) is 42.5 Å².